The van der Waals surface area contributed by atoms with E-state index in [0.29, 0.717) is 6.42 Å². The number of nitro groups is 1. The third kappa shape index (κ3) is 5.27. The molecule has 0 saturated heterocycles. The van der Waals surface area contributed by atoms with Crippen molar-refractivity contribution >= 4 is 23.4 Å². The zero-order valence-corrected chi connectivity index (χ0v) is 11.4. The van der Waals surface area contributed by atoms with E-state index in [-0.39, 0.29) is 30.0 Å². The maximum atomic E-state index is 11.6. The van der Waals surface area contributed by atoms with Crippen molar-refractivity contribution in [3.8, 4) is 0 Å². The fourth-order valence-electron chi connectivity index (χ4n) is 1.36. The second-order valence-corrected chi connectivity index (χ2v) is 4.94. The summed E-state index contributed by atoms with van der Waals surface area (Å²) >= 11 is 1.30. The van der Waals surface area contributed by atoms with Gasteiger partial charge in [0.25, 0.3) is 5.69 Å². The molecule has 1 rings (SSSR count). The van der Waals surface area contributed by atoms with Gasteiger partial charge in [-0.3, -0.25) is 14.9 Å². The largest absolute Gasteiger partial charge is 0.394 e. The molecule has 0 aliphatic heterocycles. The van der Waals surface area contributed by atoms with Crippen LogP contribution in [0.15, 0.2) is 29.2 Å². The third-order valence-corrected chi connectivity index (χ3v) is 3.51. The summed E-state index contributed by atoms with van der Waals surface area (Å²) in [5.41, 5.74) is 0.0279. The van der Waals surface area contributed by atoms with Crippen LogP contribution in [-0.2, 0) is 4.79 Å². The lowest BCUT2D eigenvalue weighted by molar-refractivity contribution is -0.384. The molecule has 7 heteroatoms. The molecule has 0 spiro atoms. The van der Waals surface area contributed by atoms with E-state index in [0.717, 1.165) is 4.90 Å². The molecule has 0 aromatic heterocycles. The van der Waals surface area contributed by atoms with Crippen LogP contribution in [0.1, 0.15) is 13.3 Å². The van der Waals surface area contributed by atoms with Crippen LogP contribution in [-0.4, -0.2) is 34.3 Å². The minimum atomic E-state index is -0.464. The standard InChI is InChI=1S/C12H16N2O4S/c1-2-9(7-15)13-12(16)8-19-11-5-3-10(4-6-11)14(17)18/h3-6,9,15H,2,7-8H2,1H3,(H,13,16)/t9-/m1/s1. The Morgan fingerprint density at radius 2 is 2.11 bits per heavy atom. The molecule has 0 fully saturated rings. The van der Waals surface area contributed by atoms with Gasteiger partial charge in [0, 0.05) is 17.0 Å². The molecule has 0 radical (unpaired) electrons. The van der Waals surface area contributed by atoms with Gasteiger partial charge >= 0.3 is 0 Å². The zero-order chi connectivity index (χ0) is 14.3. The number of rotatable bonds is 7. The highest BCUT2D eigenvalue weighted by Gasteiger charge is 2.10. The van der Waals surface area contributed by atoms with Crippen LogP contribution in [0.3, 0.4) is 0 Å². The van der Waals surface area contributed by atoms with Crippen molar-refractivity contribution in [1.82, 2.24) is 5.32 Å². The summed E-state index contributed by atoms with van der Waals surface area (Å²) in [6.45, 7) is 1.80. The summed E-state index contributed by atoms with van der Waals surface area (Å²) < 4.78 is 0. The molecule has 0 unspecified atom stereocenters. The van der Waals surface area contributed by atoms with Gasteiger partial charge < -0.3 is 10.4 Å². The van der Waals surface area contributed by atoms with Crippen molar-refractivity contribution in [3.05, 3.63) is 34.4 Å². The number of carbonyl (C=O) groups excluding carboxylic acids is 1. The van der Waals surface area contributed by atoms with Gasteiger partial charge in [-0.25, -0.2) is 0 Å². The van der Waals surface area contributed by atoms with Crippen molar-refractivity contribution in [1.29, 1.82) is 0 Å². The van der Waals surface area contributed by atoms with Gasteiger partial charge in [0.15, 0.2) is 0 Å². The number of benzene rings is 1. The fourth-order valence-corrected chi connectivity index (χ4v) is 2.07. The quantitative estimate of drug-likeness (QED) is 0.450. The summed E-state index contributed by atoms with van der Waals surface area (Å²) in [6, 6.07) is 5.81. The van der Waals surface area contributed by atoms with Crippen LogP contribution in [0, 0.1) is 10.1 Å². The number of nitrogens with one attached hydrogen (secondary N) is 1. The third-order valence-electron chi connectivity index (χ3n) is 2.50. The van der Waals surface area contributed by atoms with E-state index in [1.807, 2.05) is 6.92 Å². The molecule has 1 aromatic carbocycles. The molecule has 19 heavy (non-hydrogen) atoms. The lowest BCUT2D eigenvalue weighted by Crippen LogP contribution is -2.37. The first-order valence-corrected chi connectivity index (χ1v) is 6.82. The van der Waals surface area contributed by atoms with Gasteiger partial charge in [-0.2, -0.15) is 0 Å². The normalized spacial score (nSPS) is 11.9. The van der Waals surface area contributed by atoms with Crippen molar-refractivity contribution in [2.24, 2.45) is 0 Å². The monoisotopic (exact) mass is 284 g/mol. The first-order valence-electron chi connectivity index (χ1n) is 5.84. The number of aliphatic hydroxyl groups is 1. The van der Waals surface area contributed by atoms with E-state index in [1.54, 1.807) is 12.1 Å². The summed E-state index contributed by atoms with van der Waals surface area (Å²) in [4.78, 5) is 22.4. The Balaban J connectivity index is 2.43. The second kappa shape index (κ2) is 7.75. The predicted octanol–water partition coefficient (Wildman–Crippen LogP) is 1.57. The van der Waals surface area contributed by atoms with Crippen LogP contribution >= 0.6 is 11.8 Å². The fraction of sp³-hybridized carbons (Fsp3) is 0.417. The molecular formula is C12H16N2O4S. The van der Waals surface area contributed by atoms with Gasteiger partial charge in [0.05, 0.1) is 23.3 Å². The molecule has 0 aliphatic carbocycles. The lowest BCUT2D eigenvalue weighted by atomic mass is 10.2. The van der Waals surface area contributed by atoms with Crippen molar-refractivity contribution in [2.45, 2.75) is 24.3 Å². The number of aliphatic hydroxyl groups excluding tert-OH is 1. The van der Waals surface area contributed by atoms with Crippen LogP contribution in [0.5, 0.6) is 0 Å². The van der Waals surface area contributed by atoms with Crippen molar-refractivity contribution < 1.29 is 14.8 Å². The zero-order valence-electron chi connectivity index (χ0n) is 10.5. The molecule has 0 heterocycles. The molecule has 1 amide bonds. The van der Waals surface area contributed by atoms with Crippen molar-refractivity contribution in [3.63, 3.8) is 0 Å². The molecule has 6 nitrogen and oxygen atoms in total. The number of hydrogen-bond acceptors (Lipinski definition) is 5. The number of amides is 1. The molecule has 1 aromatic rings. The summed E-state index contributed by atoms with van der Waals surface area (Å²) in [5, 5.41) is 22.1. The number of nitrogens with zero attached hydrogens (tertiary/aromatic N) is 1. The molecule has 2 N–H and O–H groups in total. The minimum absolute atomic E-state index is 0.0279. The number of hydrogen-bond donors (Lipinski definition) is 2. The van der Waals surface area contributed by atoms with Crippen LogP contribution in [0.2, 0.25) is 0 Å². The van der Waals surface area contributed by atoms with Gasteiger partial charge in [0.1, 0.15) is 0 Å². The molecule has 0 saturated carbocycles. The average Bonchev–Trinajstić information content (AvgIpc) is 2.43. The maximum absolute atomic E-state index is 11.6. The highest BCUT2D eigenvalue weighted by Crippen LogP contribution is 2.21. The van der Waals surface area contributed by atoms with E-state index in [2.05, 4.69) is 5.32 Å². The molecule has 0 aliphatic rings. The lowest BCUT2D eigenvalue weighted by Gasteiger charge is -2.13. The first-order chi connectivity index (χ1) is 9.06. The number of thioether (sulfide) groups is 1. The maximum Gasteiger partial charge on any atom is 0.269 e. The van der Waals surface area contributed by atoms with E-state index >= 15 is 0 Å². The Morgan fingerprint density at radius 1 is 1.47 bits per heavy atom. The van der Waals surface area contributed by atoms with E-state index in [1.165, 1.54) is 23.9 Å². The molecule has 1 atom stereocenters. The van der Waals surface area contributed by atoms with Crippen molar-refractivity contribution in [2.75, 3.05) is 12.4 Å². The SMILES string of the molecule is CC[C@H](CO)NC(=O)CSc1ccc([N+](=O)[O-])cc1. The molecule has 0 bridgehead atoms. The Labute approximate surface area is 115 Å². The topological polar surface area (TPSA) is 92.5 Å². The number of nitro benzene ring substituents is 1. The average molecular weight is 284 g/mol. The minimum Gasteiger partial charge on any atom is -0.394 e. The summed E-state index contributed by atoms with van der Waals surface area (Å²) in [7, 11) is 0. The van der Waals surface area contributed by atoms with Gasteiger partial charge in [-0.15, -0.1) is 11.8 Å². The molecule has 104 valence electrons. The molecular weight excluding hydrogens is 268 g/mol. The summed E-state index contributed by atoms with van der Waals surface area (Å²) in [6.07, 6.45) is 0.671. The van der Waals surface area contributed by atoms with Crippen LogP contribution in [0.25, 0.3) is 0 Å². The van der Waals surface area contributed by atoms with Gasteiger partial charge in [0.2, 0.25) is 5.91 Å². The van der Waals surface area contributed by atoms with E-state index < -0.39 is 4.92 Å². The smallest absolute Gasteiger partial charge is 0.269 e. The number of carbonyl (C=O) groups is 1. The predicted molar refractivity (Wildman–Crippen MR) is 73.1 cm³/mol. The first kappa shape index (κ1) is 15.5. The van der Waals surface area contributed by atoms with Gasteiger partial charge in [-0.05, 0) is 18.6 Å². The number of non-ortho nitro benzene ring substituents is 1. The highest BCUT2D eigenvalue weighted by atomic mass is 32.2. The Kier molecular flexibility index (Phi) is 6.31. The van der Waals surface area contributed by atoms with E-state index in [9.17, 15) is 14.9 Å². The van der Waals surface area contributed by atoms with E-state index in [4.69, 9.17) is 5.11 Å². The Bertz CT molecular complexity index is 432. The van der Waals surface area contributed by atoms with Crippen LogP contribution < -0.4 is 5.32 Å². The Morgan fingerprint density at radius 3 is 2.58 bits per heavy atom. The van der Waals surface area contributed by atoms with Crippen LogP contribution in [0.4, 0.5) is 5.69 Å². The summed E-state index contributed by atoms with van der Waals surface area (Å²) in [5.74, 6) is 0.0538. The highest BCUT2D eigenvalue weighted by molar-refractivity contribution is 8.00. The Hall–Kier alpha value is -1.60. The van der Waals surface area contributed by atoms with Gasteiger partial charge in [-0.1, -0.05) is 6.92 Å². The second-order valence-electron chi connectivity index (χ2n) is 3.89.